The standard InChI is InChI=1S/C19H16F2N2O4/c20-14-3-1-12(8-15(14)21)22-19(25)11-7-18(24)23(10-11)13-2-4-16-17(9-13)27-6-5-26-16/h1-4,8-9,11H,5-7,10H2,(H,22,25). The molecule has 4 rings (SSSR count). The van der Waals surface area contributed by atoms with Crippen molar-refractivity contribution in [2.24, 2.45) is 5.92 Å². The Morgan fingerprint density at radius 1 is 1.04 bits per heavy atom. The Hall–Kier alpha value is -3.16. The molecule has 8 heteroatoms. The van der Waals surface area contributed by atoms with E-state index in [-0.39, 0.29) is 24.6 Å². The number of carbonyl (C=O) groups is 2. The maximum Gasteiger partial charge on any atom is 0.229 e. The van der Waals surface area contributed by atoms with Crippen molar-refractivity contribution in [3.05, 3.63) is 48.0 Å². The maximum atomic E-state index is 13.3. The maximum absolute atomic E-state index is 13.3. The van der Waals surface area contributed by atoms with Crippen LogP contribution in [0, 0.1) is 17.6 Å². The van der Waals surface area contributed by atoms with Crippen LogP contribution in [0.4, 0.5) is 20.2 Å². The van der Waals surface area contributed by atoms with Crippen LogP contribution in [-0.2, 0) is 9.59 Å². The summed E-state index contributed by atoms with van der Waals surface area (Å²) >= 11 is 0. The summed E-state index contributed by atoms with van der Waals surface area (Å²) in [6.45, 7) is 1.10. The van der Waals surface area contributed by atoms with Gasteiger partial charge < -0.3 is 19.7 Å². The number of hydrogen-bond acceptors (Lipinski definition) is 4. The first-order valence-electron chi connectivity index (χ1n) is 8.47. The number of anilines is 2. The molecule has 2 aromatic rings. The zero-order chi connectivity index (χ0) is 19.0. The van der Waals surface area contributed by atoms with E-state index < -0.39 is 23.5 Å². The molecule has 2 aromatic carbocycles. The molecule has 1 fully saturated rings. The highest BCUT2D eigenvalue weighted by Crippen LogP contribution is 2.36. The molecule has 2 aliphatic rings. The summed E-state index contributed by atoms with van der Waals surface area (Å²) in [7, 11) is 0. The molecule has 27 heavy (non-hydrogen) atoms. The number of nitrogens with one attached hydrogen (secondary N) is 1. The van der Waals surface area contributed by atoms with Crippen molar-refractivity contribution in [3.63, 3.8) is 0 Å². The monoisotopic (exact) mass is 374 g/mol. The van der Waals surface area contributed by atoms with E-state index in [9.17, 15) is 18.4 Å². The summed E-state index contributed by atoms with van der Waals surface area (Å²) in [5, 5.41) is 2.53. The molecular formula is C19H16F2N2O4. The van der Waals surface area contributed by atoms with Crippen LogP contribution < -0.4 is 19.7 Å². The lowest BCUT2D eigenvalue weighted by molar-refractivity contribution is -0.122. The third kappa shape index (κ3) is 3.42. The van der Waals surface area contributed by atoms with Crippen LogP contribution in [0.2, 0.25) is 0 Å². The van der Waals surface area contributed by atoms with Crippen molar-refractivity contribution >= 4 is 23.2 Å². The number of carbonyl (C=O) groups excluding carboxylic acids is 2. The van der Waals surface area contributed by atoms with Crippen molar-refractivity contribution in [1.82, 2.24) is 0 Å². The second-order valence-corrected chi connectivity index (χ2v) is 6.35. The van der Waals surface area contributed by atoms with E-state index in [2.05, 4.69) is 5.32 Å². The van der Waals surface area contributed by atoms with Gasteiger partial charge in [0.05, 0.1) is 5.92 Å². The normalized spacial score (nSPS) is 18.5. The molecule has 0 spiro atoms. The van der Waals surface area contributed by atoms with E-state index in [4.69, 9.17) is 9.47 Å². The molecule has 0 radical (unpaired) electrons. The highest BCUT2D eigenvalue weighted by Gasteiger charge is 2.35. The van der Waals surface area contributed by atoms with E-state index in [0.29, 0.717) is 30.4 Å². The van der Waals surface area contributed by atoms with Gasteiger partial charge in [0, 0.05) is 36.5 Å². The van der Waals surface area contributed by atoms with Crippen LogP contribution in [0.25, 0.3) is 0 Å². The van der Waals surface area contributed by atoms with E-state index in [1.54, 1.807) is 18.2 Å². The van der Waals surface area contributed by atoms with Crippen LogP contribution in [0.5, 0.6) is 11.5 Å². The van der Waals surface area contributed by atoms with E-state index in [1.807, 2.05) is 0 Å². The van der Waals surface area contributed by atoms with Gasteiger partial charge >= 0.3 is 0 Å². The van der Waals surface area contributed by atoms with Gasteiger partial charge in [-0.1, -0.05) is 0 Å². The largest absolute Gasteiger partial charge is 0.486 e. The van der Waals surface area contributed by atoms with Crippen molar-refractivity contribution in [2.45, 2.75) is 6.42 Å². The topological polar surface area (TPSA) is 67.9 Å². The molecular weight excluding hydrogens is 358 g/mol. The number of fused-ring (bicyclic) bond motifs is 1. The number of nitrogens with zero attached hydrogens (tertiary/aromatic N) is 1. The molecule has 1 N–H and O–H groups in total. The Bertz CT molecular complexity index is 919. The third-order valence-electron chi connectivity index (χ3n) is 4.52. The predicted octanol–water partition coefficient (Wildman–Crippen LogP) is 2.73. The molecule has 1 atom stereocenters. The van der Waals surface area contributed by atoms with Gasteiger partial charge in [-0.25, -0.2) is 8.78 Å². The van der Waals surface area contributed by atoms with Gasteiger partial charge in [-0.05, 0) is 24.3 Å². The smallest absolute Gasteiger partial charge is 0.229 e. The summed E-state index contributed by atoms with van der Waals surface area (Å²) in [5.41, 5.74) is 0.761. The molecule has 6 nitrogen and oxygen atoms in total. The zero-order valence-corrected chi connectivity index (χ0v) is 14.2. The average Bonchev–Trinajstić information content (AvgIpc) is 3.06. The molecule has 0 saturated carbocycles. The third-order valence-corrected chi connectivity index (χ3v) is 4.52. The Balaban J connectivity index is 1.47. The summed E-state index contributed by atoms with van der Waals surface area (Å²) in [6.07, 6.45) is 0.0317. The van der Waals surface area contributed by atoms with Crippen LogP contribution in [0.1, 0.15) is 6.42 Å². The minimum atomic E-state index is -1.05. The molecule has 1 saturated heterocycles. The van der Waals surface area contributed by atoms with Gasteiger partial charge in [0.25, 0.3) is 0 Å². The zero-order valence-electron chi connectivity index (χ0n) is 14.2. The Labute approximate surface area is 153 Å². The van der Waals surface area contributed by atoms with Gasteiger partial charge in [-0.15, -0.1) is 0 Å². The summed E-state index contributed by atoms with van der Waals surface area (Å²) in [6, 6.07) is 8.29. The quantitative estimate of drug-likeness (QED) is 0.897. The SMILES string of the molecule is O=C(Nc1ccc(F)c(F)c1)C1CC(=O)N(c2ccc3c(c2)OCCO3)C1. The predicted molar refractivity (Wildman–Crippen MR) is 92.9 cm³/mol. The summed E-state index contributed by atoms with van der Waals surface area (Å²) in [4.78, 5) is 26.3. The lowest BCUT2D eigenvalue weighted by Crippen LogP contribution is -2.28. The van der Waals surface area contributed by atoms with Crippen LogP contribution in [0.3, 0.4) is 0 Å². The fourth-order valence-corrected chi connectivity index (χ4v) is 3.15. The summed E-state index contributed by atoms with van der Waals surface area (Å²) in [5.74, 6) is -2.09. The molecule has 0 aromatic heterocycles. The van der Waals surface area contributed by atoms with Crippen LogP contribution in [-0.4, -0.2) is 31.6 Å². The Kier molecular flexibility index (Phi) is 4.39. The van der Waals surface area contributed by atoms with Gasteiger partial charge in [-0.3, -0.25) is 9.59 Å². The van der Waals surface area contributed by atoms with Crippen molar-refractivity contribution < 1.29 is 27.8 Å². The van der Waals surface area contributed by atoms with Gasteiger partial charge in [-0.2, -0.15) is 0 Å². The molecule has 2 aliphatic heterocycles. The molecule has 1 unspecified atom stereocenters. The second kappa shape index (κ2) is 6.86. The second-order valence-electron chi connectivity index (χ2n) is 6.35. The number of amides is 2. The van der Waals surface area contributed by atoms with Gasteiger partial charge in [0.15, 0.2) is 23.1 Å². The summed E-state index contributed by atoms with van der Waals surface area (Å²) < 4.78 is 37.3. The fraction of sp³-hybridized carbons (Fsp3) is 0.263. The highest BCUT2D eigenvalue weighted by atomic mass is 19.2. The number of ether oxygens (including phenoxy) is 2. The number of hydrogen-bond donors (Lipinski definition) is 1. The van der Waals surface area contributed by atoms with Crippen molar-refractivity contribution in [1.29, 1.82) is 0 Å². The van der Waals surface area contributed by atoms with Gasteiger partial charge in [0.1, 0.15) is 13.2 Å². The molecule has 0 aliphatic carbocycles. The number of rotatable bonds is 3. The van der Waals surface area contributed by atoms with E-state index in [0.717, 1.165) is 12.1 Å². The van der Waals surface area contributed by atoms with Crippen LogP contribution >= 0.6 is 0 Å². The Morgan fingerprint density at radius 3 is 2.59 bits per heavy atom. The fourth-order valence-electron chi connectivity index (χ4n) is 3.15. The molecule has 140 valence electrons. The number of benzene rings is 2. The highest BCUT2D eigenvalue weighted by molar-refractivity contribution is 6.03. The lowest BCUT2D eigenvalue weighted by Gasteiger charge is -2.22. The Morgan fingerprint density at radius 2 is 1.81 bits per heavy atom. The average molecular weight is 374 g/mol. The van der Waals surface area contributed by atoms with E-state index >= 15 is 0 Å². The van der Waals surface area contributed by atoms with Crippen LogP contribution in [0.15, 0.2) is 36.4 Å². The minimum absolute atomic E-state index is 0.0317. The molecule has 2 heterocycles. The first-order chi connectivity index (χ1) is 13.0. The van der Waals surface area contributed by atoms with Crippen molar-refractivity contribution in [2.75, 3.05) is 30.0 Å². The molecule has 0 bridgehead atoms. The number of halogens is 2. The minimum Gasteiger partial charge on any atom is -0.486 e. The molecule has 2 amide bonds. The first-order valence-corrected chi connectivity index (χ1v) is 8.47. The van der Waals surface area contributed by atoms with Gasteiger partial charge in [0.2, 0.25) is 11.8 Å². The van der Waals surface area contributed by atoms with E-state index in [1.165, 1.54) is 11.0 Å². The lowest BCUT2D eigenvalue weighted by atomic mass is 10.1. The van der Waals surface area contributed by atoms with Crippen molar-refractivity contribution in [3.8, 4) is 11.5 Å². The first kappa shape index (κ1) is 17.3.